The van der Waals surface area contributed by atoms with E-state index in [9.17, 15) is 18.3 Å². The maximum atomic E-state index is 13.0. The first kappa shape index (κ1) is 13.4. The van der Waals surface area contributed by atoms with Gasteiger partial charge in [-0.05, 0) is 42.0 Å². The molecule has 100 valence electrons. The van der Waals surface area contributed by atoms with Crippen LogP contribution in [0.25, 0.3) is 0 Å². The summed E-state index contributed by atoms with van der Waals surface area (Å²) in [4.78, 5) is 0. The highest BCUT2D eigenvalue weighted by Crippen LogP contribution is 2.17. The summed E-state index contributed by atoms with van der Waals surface area (Å²) in [5.74, 6) is -2.31. The average Bonchev–Trinajstić information content (AvgIpc) is 2.41. The standard InChI is InChI=1S/C14H12F3NO/c15-10-2-4-11(5-3-10)18-8-14(19)9-1-6-12(16)13(17)7-9/h1-7,14,18-19H,8H2. The van der Waals surface area contributed by atoms with Crippen molar-refractivity contribution in [3.63, 3.8) is 0 Å². The molecule has 0 heterocycles. The molecule has 0 aliphatic heterocycles. The zero-order chi connectivity index (χ0) is 13.8. The highest BCUT2D eigenvalue weighted by Gasteiger charge is 2.10. The van der Waals surface area contributed by atoms with E-state index in [0.29, 0.717) is 5.69 Å². The van der Waals surface area contributed by atoms with E-state index in [-0.39, 0.29) is 17.9 Å². The topological polar surface area (TPSA) is 32.3 Å². The molecular formula is C14H12F3NO. The molecule has 0 amide bonds. The molecule has 1 unspecified atom stereocenters. The molecular weight excluding hydrogens is 255 g/mol. The van der Waals surface area contributed by atoms with Crippen molar-refractivity contribution in [1.82, 2.24) is 0 Å². The number of benzene rings is 2. The van der Waals surface area contributed by atoms with E-state index in [0.717, 1.165) is 12.1 Å². The lowest BCUT2D eigenvalue weighted by atomic mass is 10.1. The molecule has 0 aromatic heterocycles. The van der Waals surface area contributed by atoms with E-state index in [1.54, 1.807) is 0 Å². The van der Waals surface area contributed by atoms with Crippen molar-refractivity contribution < 1.29 is 18.3 Å². The molecule has 0 spiro atoms. The molecule has 2 aromatic rings. The third kappa shape index (κ3) is 3.48. The Labute approximate surface area is 108 Å². The molecule has 0 fully saturated rings. The summed E-state index contributed by atoms with van der Waals surface area (Å²) in [6.45, 7) is 0.108. The van der Waals surface area contributed by atoms with Crippen LogP contribution in [0.15, 0.2) is 42.5 Å². The lowest BCUT2D eigenvalue weighted by Crippen LogP contribution is -2.12. The van der Waals surface area contributed by atoms with Crippen LogP contribution in [-0.2, 0) is 0 Å². The van der Waals surface area contributed by atoms with E-state index in [2.05, 4.69) is 5.32 Å². The van der Waals surface area contributed by atoms with Crippen LogP contribution >= 0.6 is 0 Å². The monoisotopic (exact) mass is 267 g/mol. The van der Waals surface area contributed by atoms with Crippen molar-refractivity contribution in [2.45, 2.75) is 6.10 Å². The zero-order valence-corrected chi connectivity index (χ0v) is 9.91. The van der Waals surface area contributed by atoms with Crippen molar-refractivity contribution in [1.29, 1.82) is 0 Å². The Morgan fingerprint density at radius 2 is 1.63 bits per heavy atom. The summed E-state index contributed by atoms with van der Waals surface area (Å²) in [5.41, 5.74) is 0.900. The van der Waals surface area contributed by atoms with E-state index in [1.807, 2.05) is 0 Å². The van der Waals surface area contributed by atoms with Gasteiger partial charge in [0, 0.05) is 12.2 Å². The van der Waals surface area contributed by atoms with Crippen molar-refractivity contribution in [3.05, 3.63) is 65.5 Å². The largest absolute Gasteiger partial charge is 0.387 e. The molecule has 2 aromatic carbocycles. The van der Waals surface area contributed by atoms with Crippen molar-refractivity contribution in [2.24, 2.45) is 0 Å². The molecule has 0 saturated carbocycles. The predicted octanol–water partition coefficient (Wildman–Crippen LogP) is 3.25. The van der Waals surface area contributed by atoms with Gasteiger partial charge in [-0.25, -0.2) is 13.2 Å². The Balaban J connectivity index is 1.98. The smallest absolute Gasteiger partial charge is 0.159 e. The van der Waals surface area contributed by atoms with Crippen molar-refractivity contribution >= 4 is 5.69 Å². The molecule has 0 radical (unpaired) electrons. The Hall–Kier alpha value is -2.01. The number of aliphatic hydroxyl groups is 1. The number of hydrogen-bond acceptors (Lipinski definition) is 2. The van der Waals surface area contributed by atoms with Crippen LogP contribution in [0.3, 0.4) is 0 Å². The van der Waals surface area contributed by atoms with Crippen LogP contribution < -0.4 is 5.32 Å². The van der Waals surface area contributed by atoms with Gasteiger partial charge in [0.25, 0.3) is 0 Å². The molecule has 2 N–H and O–H groups in total. The molecule has 1 atom stereocenters. The fourth-order valence-electron chi connectivity index (χ4n) is 1.62. The minimum atomic E-state index is -1.00. The third-order valence-electron chi connectivity index (χ3n) is 2.67. The molecule has 0 bridgehead atoms. The fourth-order valence-corrected chi connectivity index (χ4v) is 1.62. The summed E-state index contributed by atoms with van der Waals surface area (Å²) in [6, 6.07) is 8.84. The normalized spacial score (nSPS) is 12.2. The second-order valence-corrected chi connectivity index (χ2v) is 4.08. The SMILES string of the molecule is OC(CNc1ccc(F)cc1)c1ccc(F)c(F)c1. The van der Waals surface area contributed by atoms with Crippen LogP contribution in [0, 0.1) is 17.5 Å². The van der Waals surface area contributed by atoms with Crippen LogP contribution in [0.1, 0.15) is 11.7 Å². The predicted molar refractivity (Wildman–Crippen MR) is 66.2 cm³/mol. The average molecular weight is 267 g/mol. The second-order valence-electron chi connectivity index (χ2n) is 4.08. The molecule has 5 heteroatoms. The van der Waals surface area contributed by atoms with Crippen LogP contribution in [0.5, 0.6) is 0 Å². The first-order valence-electron chi connectivity index (χ1n) is 5.69. The van der Waals surface area contributed by atoms with Crippen molar-refractivity contribution in [3.8, 4) is 0 Å². The van der Waals surface area contributed by atoms with Crippen LogP contribution in [0.4, 0.5) is 18.9 Å². The summed E-state index contributed by atoms with van der Waals surface area (Å²) in [5, 5.41) is 12.7. The summed E-state index contributed by atoms with van der Waals surface area (Å²) < 4.78 is 38.4. The summed E-state index contributed by atoms with van der Waals surface area (Å²) in [6.07, 6.45) is -0.986. The highest BCUT2D eigenvalue weighted by molar-refractivity contribution is 5.43. The Morgan fingerprint density at radius 3 is 2.26 bits per heavy atom. The van der Waals surface area contributed by atoms with Gasteiger partial charge in [-0.1, -0.05) is 6.07 Å². The first-order chi connectivity index (χ1) is 9.06. The highest BCUT2D eigenvalue weighted by atomic mass is 19.2. The van der Waals surface area contributed by atoms with Crippen LogP contribution in [-0.4, -0.2) is 11.7 Å². The zero-order valence-electron chi connectivity index (χ0n) is 9.91. The Kier molecular flexibility index (Phi) is 4.06. The minimum Gasteiger partial charge on any atom is -0.387 e. The number of hydrogen-bond donors (Lipinski definition) is 2. The summed E-state index contributed by atoms with van der Waals surface area (Å²) >= 11 is 0. The van der Waals surface area contributed by atoms with E-state index in [4.69, 9.17) is 0 Å². The maximum absolute atomic E-state index is 13.0. The quantitative estimate of drug-likeness (QED) is 0.891. The van der Waals surface area contributed by atoms with Gasteiger partial charge in [-0.15, -0.1) is 0 Å². The molecule has 19 heavy (non-hydrogen) atoms. The molecule has 0 saturated heterocycles. The second kappa shape index (κ2) is 5.75. The van der Waals surface area contributed by atoms with E-state index in [1.165, 1.54) is 30.3 Å². The van der Waals surface area contributed by atoms with Gasteiger partial charge in [0.2, 0.25) is 0 Å². The maximum Gasteiger partial charge on any atom is 0.159 e. The fraction of sp³-hybridized carbons (Fsp3) is 0.143. The van der Waals surface area contributed by atoms with Gasteiger partial charge in [-0.3, -0.25) is 0 Å². The van der Waals surface area contributed by atoms with E-state index < -0.39 is 17.7 Å². The van der Waals surface area contributed by atoms with Crippen molar-refractivity contribution in [2.75, 3.05) is 11.9 Å². The van der Waals surface area contributed by atoms with Gasteiger partial charge in [0.05, 0.1) is 6.10 Å². The first-order valence-corrected chi connectivity index (χ1v) is 5.69. The van der Waals surface area contributed by atoms with Gasteiger partial charge in [0.15, 0.2) is 11.6 Å². The molecule has 0 aliphatic rings. The number of rotatable bonds is 4. The minimum absolute atomic E-state index is 0.108. The number of halogens is 3. The molecule has 0 aliphatic carbocycles. The number of nitrogens with one attached hydrogen (secondary N) is 1. The third-order valence-corrected chi connectivity index (χ3v) is 2.67. The Bertz CT molecular complexity index is 557. The van der Waals surface area contributed by atoms with Crippen LogP contribution in [0.2, 0.25) is 0 Å². The Morgan fingerprint density at radius 1 is 0.947 bits per heavy atom. The summed E-state index contributed by atoms with van der Waals surface area (Å²) in [7, 11) is 0. The molecule has 2 nitrogen and oxygen atoms in total. The number of anilines is 1. The number of aliphatic hydroxyl groups excluding tert-OH is 1. The van der Waals surface area contributed by atoms with Gasteiger partial charge >= 0.3 is 0 Å². The molecule has 2 rings (SSSR count). The van der Waals surface area contributed by atoms with Gasteiger partial charge in [-0.2, -0.15) is 0 Å². The lowest BCUT2D eigenvalue weighted by molar-refractivity contribution is 0.191. The van der Waals surface area contributed by atoms with Gasteiger partial charge in [0.1, 0.15) is 5.82 Å². The van der Waals surface area contributed by atoms with E-state index >= 15 is 0 Å². The van der Waals surface area contributed by atoms with Gasteiger partial charge < -0.3 is 10.4 Å². The lowest BCUT2D eigenvalue weighted by Gasteiger charge is -2.13.